The number of hydrogen-bond donors (Lipinski definition) is 1. The lowest BCUT2D eigenvalue weighted by atomic mass is 9.80. The summed E-state index contributed by atoms with van der Waals surface area (Å²) in [7, 11) is 0. The van der Waals surface area contributed by atoms with Crippen molar-refractivity contribution < 1.29 is 0 Å². The van der Waals surface area contributed by atoms with E-state index in [2.05, 4.69) is 24.1 Å². The van der Waals surface area contributed by atoms with Crippen molar-refractivity contribution in [3.05, 3.63) is 0 Å². The predicted octanol–water partition coefficient (Wildman–Crippen LogP) is 2.11. The third-order valence-corrected chi connectivity index (χ3v) is 4.31. The molecule has 0 bridgehead atoms. The molecule has 2 aliphatic heterocycles. The lowest BCUT2D eigenvalue weighted by Gasteiger charge is -2.39. The number of hydrogen-bond acceptors (Lipinski definition) is 2. The van der Waals surface area contributed by atoms with Gasteiger partial charge in [0.15, 0.2) is 0 Å². The van der Waals surface area contributed by atoms with Gasteiger partial charge in [-0.3, -0.25) is 0 Å². The molecule has 2 heterocycles. The molecule has 1 atom stereocenters. The monoisotopic (exact) mass is 210 g/mol. The van der Waals surface area contributed by atoms with Gasteiger partial charge in [0.05, 0.1) is 0 Å². The minimum atomic E-state index is 0.746. The highest BCUT2D eigenvalue weighted by molar-refractivity contribution is 4.82. The Bertz CT molecular complexity index is 177. The van der Waals surface area contributed by atoms with Gasteiger partial charge in [-0.15, -0.1) is 0 Å². The molecule has 2 aliphatic rings. The summed E-state index contributed by atoms with van der Waals surface area (Å²) in [6, 6.07) is 0.746. The SMILES string of the molecule is CC(C)N1CCC(C2CCCNC2)CC1. The van der Waals surface area contributed by atoms with E-state index in [9.17, 15) is 0 Å². The van der Waals surface area contributed by atoms with Crippen LogP contribution in [0.3, 0.4) is 0 Å². The number of rotatable bonds is 2. The molecule has 2 heteroatoms. The number of likely N-dealkylation sites (tertiary alicyclic amines) is 1. The summed E-state index contributed by atoms with van der Waals surface area (Å²) in [6.07, 6.45) is 5.74. The summed E-state index contributed by atoms with van der Waals surface area (Å²) >= 11 is 0. The van der Waals surface area contributed by atoms with E-state index in [1.165, 1.54) is 51.9 Å². The van der Waals surface area contributed by atoms with Crippen molar-refractivity contribution in [2.75, 3.05) is 26.2 Å². The molecule has 0 amide bonds. The molecular weight excluding hydrogens is 184 g/mol. The maximum absolute atomic E-state index is 3.55. The van der Waals surface area contributed by atoms with E-state index in [1.54, 1.807) is 0 Å². The van der Waals surface area contributed by atoms with Crippen LogP contribution in [0.15, 0.2) is 0 Å². The van der Waals surface area contributed by atoms with Crippen molar-refractivity contribution in [3.63, 3.8) is 0 Å². The molecule has 2 fully saturated rings. The summed E-state index contributed by atoms with van der Waals surface area (Å²) < 4.78 is 0. The number of nitrogens with one attached hydrogen (secondary N) is 1. The highest BCUT2D eigenvalue weighted by Gasteiger charge is 2.27. The van der Waals surface area contributed by atoms with Gasteiger partial charge in [0.25, 0.3) is 0 Å². The van der Waals surface area contributed by atoms with Crippen LogP contribution in [0.25, 0.3) is 0 Å². The van der Waals surface area contributed by atoms with Gasteiger partial charge in [-0.2, -0.15) is 0 Å². The predicted molar refractivity (Wildman–Crippen MR) is 65.0 cm³/mol. The van der Waals surface area contributed by atoms with E-state index in [-0.39, 0.29) is 0 Å². The van der Waals surface area contributed by atoms with Crippen LogP contribution in [0.4, 0.5) is 0 Å². The van der Waals surface area contributed by atoms with Gasteiger partial charge < -0.3 is 10.2 Å². The second kappa shape index (κ2) is 5.31. The maximum Gasteiger partial charge on any atom is 0.00385 e. The average Bonchev–Trinajstić information content (AvgIpc) is 2.30. The molecule has 0 radical (unpaired) electrons. The molecule has 15 heavy (non-hydrogen) atoms. The van der Waals surface area contributed by atoms with E-state index in [0.717, 1.165) is 17.9 Å². The largest absolute Gasteiger partial charge is 0.316 e. The third-order valence-electron chi connectivity index (χ3n) is 4.31. The molecule has 88 valence electrons. The highest BCUT2D eigenvalue weighted by atomic mass is 15.1. The normalized spacial score (nSPS) is 31.0. The Morgan fingerprint density at radius 3 is 2.33 bits per heavy atom. The molecular formula is C13H26N2. The highest BCUT2D eigenvalue weighted by Crippen LogP contribution is 2.29. The molecule has 2 rings (SSSR count). The van der Waals surface area contributed by atoms with Gasteiger partial charge in [-0.25, -0.2) is 0 Å². The first-order chi connectivity index (χ1) is 7.27. The quantitative estimate of drug-likeness (QED) is 0.751. The Balaban J connectivity index is 1.77. The Morgan fingerprint density at radius 2 is 1.80 bits per heavy atom. The zero-order valence-electron chi connectivity index (χ0n) is 10.3. The zero-order chi connectivity index (χ0) is 10.7. The van der Waals surface area contributed by atoms with Crippen molar-refractivity contribution in [1.29, 1.82) is 0 Å². The third kappa shape index (κ3) is 2.94. The Hall–Kier alpha value is -0.0800. The minimum absolute atomic E-state index is 0.746. The number of nitrogens with zero attached hydrogens (tertiary/aromatic N) is 1. The fourth-order valence-corrected chi connectivity index (χ4v) is 3.19. The molecule has 0 saturated carbocycles. The van der Waals surface area contributed by atoms with Crippen LogP contribution in [0.2, 0.25) is 0 Å². The molecule has 1 N–H and O–H groups in total. The summed E-state index contributed by atoms with van der Waals surface area (Å²) in [5.74, 6) is 1.99. The second-order valence-corrected chi connectivity index (χ2v) is 5.57. The molecule has 1 unspecified atom stereocenters. The summed E-state index contributed by atoms with van der Waals surface area (Å²) in [5.41, 5.74) is 0. The molecule has 2 nitrogen and oxygen atoms in total. The van der Waals surface area contributed by atoms with Crippen molar-refractivity contribution in [2.24, 2.45) is 11.8 Å². The van der Waals surface area contributed by atoms with Crippen molar-refractivity contribution in [3.8, 4) is 0 Å². The summed E-state index contributed by atoms with van der Waals surface area (Å²) in [4.78, 5) is 2.63. The first-order valence-electron chi connectivity index (χ1n) is 6.72. The van der Waals surface area contributed by atoms with E-state index < -0.39 is 0 Å². The Kier molecular flexibility index (Phi) is 4.04. The van der Waals surface area contributed by atoms with Crippen LogP contribution >= 0.6 is 0 Å². The summed E-state index contributed by atoms with van der Waals surface area (Å²) in [6.45, 7) is 9.84. The van der Waals surface area contributed by atoms with Gasteiger partial charge in [0.2, 0.25) is 0 Å². The van der Waals surface area contributed by atoms with Crippen LogP contribution < -0.4 is 5.32 Å². The molecule has 0 aromatic rings. The summed E-state index contributed by atoms with van der Waals surface area (Å²) in [5, 5.41) is 3.55. The average molecular weight is 210 g/mol. The lowest BCUT2D eigenvalue weighted by Crippen LogP contribution is -2.43. The molecule has 0 aromatic carbocycles. The van der Waals surface area contributed by atoms with Gasteiger partial charge in [0, 0.05) is 6.04 Å². The van der Waals surface area contributed by atoms with Crippen molar-refractivity contribution in [1.82, 2.24) is 10.2 Å². The lowest BCUT2D eigenvalue weighted by molar-refractivity contribution is 0.111. The molecule has 0 aromatic heterocycles. The zero-order valence-corrected chi connectivity index (χ0v) is 10.3. The van der Waals surface area contributed by atoms with Crippen LogP contribution in [-0.4, -0.2) is 37.1 Å². The molecule has 2 saturated heterocycles. The van der Waals surface area contributed by atoms with E-state index in [4.69, 9.17) is 0 Å². The standard InChI is InChI=1S/C13H26N2/c1-11(2)15-8-5-12(6-9-15)13-4-3-7-14-10-13/h11-14H,3-10H2,1-2H3. The molecule has 0 spiro atoms. The topological polar surface area (TPSA) is 15.3 Å². The smallest absolute Gasteiger partial charge is 0.00385 e. The Labute approximate surface area is 94.4 Å². The Morgan fingerprint density at radius 1 is 1.07 bits per heavy atom. The van der Waals surface area contributed by atoms with Gasteiger partial charge in [0.1, 0.15) is 0 Å². The van der Waals surface area contributed by atoms with Crippen LogP contribution in [0.5, 0.6) is 0 Å². The van der Waals surface area contributed by atoms with E-state index >= 15 is 0 Å². The van der Waals surface area contributed by atoms with E-state index in [1.807, 2.05) is 0 Å². The minimum Gasteiger partial charge on any atom is -0.316 e. The fraction of sp³-hybridized carbons (Fsp3) is 1.00. The van der Waals surface area contributed by atoms with Gasteiger partial charge in [-0.05, 0) is 77.5 Å². The first-order valence-corrected chi connectivity index (χ1v) is 6.72. The van der Waals surface area contributed by atoms with Gasteiger partial charge in [-0.1, -0.05) is 0 Å². The number of piperidine rings is 2. The van der Waals surface area contributed by atoms with Gasteiger partial charge >= 0.3 is 0 Å². The van der Waals surface area contributed by atoms with Crippen LogP contribution in [-0.2, 0) is 0 Å². The molecule has 0 aliphatic carbocycles. The maximum atomic E-state index is 3.55. The van der Waals surface area contributed by atoms with E-state index in [0.29, 0.717) is 0 Å². The van der Waals surface area contributed by atoms with Crippen molar-refractivity contribution >= 4 is 0 Å². The van der Waals surface area contributed by atoms with Crippen molar-refractivity contribution in [2.45, 2.75) is 45.6 Å². The first kappa shape index (κ1) is 11.4. The van der Waals surface area contributed by atoms with Crippen LogP contribution in [0, 0.1) is 11.8 Å². The second-order valence-electron chi connectivity index (χ2n) is 5.57. The fourth-order valence-electron chi connectivity index (χ4n) is 3.19. The van der Waals surface area contributed by atoms with Crippen LogP contribution in [0.1, 0.15) is 39.5 Å².